The van der Waals surface area contributed by atoms with E-state index in [0.29, 0.717) is 0 Å². The van der Waals surface area contributed by atoms with Crippen LogP contribution in [0.25, 0.3) is 71.6 Å². The summed E-state index contributed by atoms with van der Waals surface area (Å²) in [7, 11) is 0. The molecule has 0 saturated heterocycles. The summed E-state index contributed by atoms with van der Waals surface area (Å²) in [6.45, 7) is -0.495. The fourth-order valence-electron chi connectivity index (χ4n) is 18.1. The zero-order valence-corrected chi connectivity index (χ0v) is 60.0. The number of para-hydroxylation sites is 6. The molecule has 11 heteroatoms. The summed E-state index contributed by atoms with van der Waals surface area (Å²) < 4.78 is 15.6. The number of benzene rings is 16. The molecule has 0 spiro atoms. The van der Waals surface area contributed by atoms with E-state index >= 15 is 0 Å². The minimum atomic E-state index is -0.256. The number of anilines is 15. The molecule has 6 nitrogen and oxygen atoms in total. The topological polar surface area (TPSA) is 25.4 Å². The van der Waals surface area contributed by atoms with Crippen LogP contribution in [0, 0.1) is 0 Å². The van der Waals surface area contributed by atoms with E-state index in [1.54, 1.807) is 0 Å². The Morgan fingerprint density at radius 1 is 0.252 bits per heavy atom. The molecule has 7 heterocycles. The third-order valence-corrected chi connectivity index (χ3v) is 25.8. The first-order valence-corrected chi connectivity index (χ1v) is 39.0. The number of rotatable bonds is 10. The molecule has 0 amide bonds. The monoisotopic (exact) mass is 1420 g/mol. The molecular formula is C96H59B2N5OS3. The van der Waals surface area contributed by atoms with Crippen molar-refractivity contribution in [3.8, 4) is 22.6 Å². The molecule has 0 bridgehead atoms. The van der Waals surface area contributed by atoms with Crippen LogP contribution in [0.1, 0.15) is 0 Å². The zero-order chi connectivity index (χ0) is 70.0. The Bertz CT molecular complexity index is 6880. The molecule has 4 aliphatic heterocycles. The molecule has 107 heavy (non-hydrogen) atoms. The lowest BCUT2D eigenvalue weighted by molar-refractivity contribution is 0.488. The molecule has 0 radical (unpaired) electrons. The van der Waals surface area contributed by atoms with E-state index in [9.17, 15) is 0 Å². The van der Waals surface area contributed by atoms with Gasteiger partial charge in [-0.05, 0) is 166 Å². The van der Waals surface area contributed by atoms with Crippen LogP contribution in [0.3, 0.4) is 0 Å². The van der Waals surface area contributed by atoms with Crippen molar-refractivity contribution in [1.82, 2.24) is 0 Å². The van der Waals surface area contributed by atoms with Crippen molar-refractivity contribution in [3.05, 3.63) is 358 Å². The number of hydrogen-bond acceptors (Lipinski definition) is 9. The lowest BCUT2D eigenvalue weighted by Gasteiger charge is -2.46. The van der Waals surface area contributed by atoms with Crippen molar-refractivity contribution >= 4 is 226 Å². The summed E-state index contributed by atoms with van der Waals surface area (Å²) in [5.41, 5.74) is 25.6. The fourth-order valence-corrected chi connectivity index (χ4v) is 21.5. The number of thiophene rings is 3. The van der Waals surface area contributed by atoms with Crippen LogP contribution < -0.4 is 62.0 Å². The molecule has 19 aromatic rings. The molecule has 3 aromatic heterocycles. The van der Waals surface area contributed by atoms with Gasteiger partial charge in [0, 0.05) is 129 Å². The Morgan fingerprint density at radius 2 is 0.673 bits per heavy atom. The summed E-state index contributed by atoms with van der Waals surface area (Å²) in [5.74, 6) is 1.63. The van der Waals surface area contributed by atoms with E-state index in [0.717, 1.165) is 119 Å². The highest BCUT2D eigenvalue weighted by atomic mass is 32.1. The van der Waals surface area contributed by atoms with Gasteiger partial charge < -0.3 is 29.2 Å². The maximum absolute atomic E-state index is 8.05. The van der Waals surface area contributed by atoms with E-state index in [4.69, 9.17) is 4.74 Å². The first-order valence-electron chi connectivity index (χ1n) is 36.5. The standard InChI is InChI=1S/C96H59B2N5OS3/c1-5-28-60(29-6-1)66-36-13-19-42-74(66)102-80-59-84-73(98-70-40-17-20-43-75(70)101(63-34-11-4-12-35-63)83-56-65(57-85(104-84)96(83)98)100(62-32-9-3-10-33-62)78-46-26-52-90-93(78)68-38-15-23-49-87(68)106-90)58-72(80)97-71-41-18-21-44-76(71)103(79-47-27-53-91-94(79)69-39-16-24-50-88(69)107-91)82-55-64(54-81(102)95(82)97)99(61-30-7-2-8-31-61)77-45-25-51-89-92(77)67-37-14-22-48-86(67)105-89/h1-59H. The Labute approximate surface area is 631 Å². The Kier molecular flexibility index (Phi) is 13.5. The summed E-state index contributed by atoms with van der Waals surface area (Å²) in [6.07, 6.45) is 0. The molecule has 16 aromatic carbocycles. The molecule has 0 aliphatic carbocycles. The number of ether oxygens (including phenoxy) is 1. The highest BCUT2D eigenvalue weighted by Crippen LogP contribution is 2.56. The van der Waals surface area contributed by atoms with E-state index in [1.807, 2.05) is 34.0 Å². The van der Waals surface area contributed by atoms with Crippen molar-refractivity contribution in [2.45, 2.75) is 0 Å². The first kappa shape index (κ1) is 60.5. The van der Waals surface area contributed by atoms with Crippen molar-refractivity contribution in [3.63, 3.8) is 0 Å². The average molecular weight is 1420 g/mol. The highest BCUT2D eigenvalue weighted by Gasteiger charge is 2.49. The maximum Gasteiger partial charge on any atom is 0.256 e. The molecule has 0 unspecified atom stereocenters. The normalized spacial score (nSPS) is 13.0. The second-order valence-electron chi connectivity index (χ2n) is 28.1. The van der Waals surface area contributed by atoms with E-state index in [2.05, 4.69) is 382 Å². The van der Waals surface area contributed by atoms with Gasteiger partial charge in [0.25, 0.3) is 13.4 Å². The third-order valence-electron chi connectivity index (χ3n) is 22.4. The van der Waals surface area contributed by atoms with Crippen LogP contribution in [0.5, 0.6) is 11.5 Å². The zero-order valence-electron chi connectivity index (χ0n) is 57.6. The first-order chi connectivity index (χ1) is 53.1. The summed E-state index contributed by atoms with van der Waals surface area (Å²) in [5, 5.41) is 7.41. The van der Waals surface area contributed by atoms with Crippen LogP contribution in [0.4, 0.5) is 85.3 Å². The number of fused-ring (bicyclic) bond motifs is 17. The van der Waals surface area contributed by atoms with Crippen molar-refractivity contribution in [2.24, 2.45) is 0 Å². The molecule has 0 atom stereocenters. The maximum atomic E-state index is 8.05. The van der Waals surface area contributed by atoms with E-state index in [1.165, 1.54) is 82.4 Å². The van der Waals surface area contributed by atoms with Crippen molar-refractivity contribution < 1.29 is 4.74 Å². The number of hydrogen-bond donors (Lipinski definition) is 0. The van der Waals surface area contributed by atoms with Gasteiger partial charge in [-0.1, -0.05) is 218 Å². The predicted octanol–water partition coefficient (Wildman–Crippen LogP) is 23.9. The van der Waals surface area contributed by atoms with Crippen LogP contribution in [-0.4, -0.2) is 13.4 Å². The molecular weight excluding hydrogens is 1360 g/mol. The van der Waals surface area contributed by atoms with Gasteiger partial charge in [0.1, 0.15) is 11.5 Å². The van der Waals surface area contributed by atoms with Crippen molar-refractivity contribution in [1.29, 1.82) is 0 Å². The average Bonchev–Trinajstić information content (AvgIpc) is 0.738. The van der Waals surface area contributed by atoms with Gasteiger partial charge in [0.2, 0.25) is 0 Å². The van der Waals surface area contributed by atoms with Crippen LogP contribution in [-0.2, 0) is 0 Å². The highest BCUT2D eigenvalue weighted by molar-refractivity contribution is 7.26. The van der Waals surface area contributed by atoms with Crippen LogP contribution in [0.2, 0.25) is 0 Å². The molecule has 0 fully saturated rings. The second-order valence-corrected chi connectivity index (χ2v) is 31.4. The lowest BCUT2D eigenvalue weighted by atomic mass is 9.30. The molecule has 498 valence electrons. The van der Waals surface area contributed by atoms with Gasteiger partial charge in [-0.3, -0.25) is 0 Å². The third kappa shape index (κ3) is 9.12. The van der Waals surface area contributed by atoms with E-state index < -0.39 is 0 Å². The predicted molar refractivity (Wildman–Crippen MR) is 460 cm³/mol. The van der Waals surface area contributed by atoms with Gasteiger partial charge in [-0.25, -0.2) is 0 Å². The summed E-state index contributed by atoms with van der Waals surface area (Å²) >= 11 is 5.57. The smallest absolute Gasteiger partial charge is 0.256 e. The van der Waals surface area contributed by atoms with E-state index in [-0.39, 0.29) is 13.4 Å². The van der Waals surface area contributed by atoms with Gasteiger partial charge >= 0.3 is 0 Å². The van der Waals surface area contributed by atoms with Crippen LogP contribution in [0.15, 0.2) is 358 Å². The molecule has 0 saturated carbocycles. The van der Waals surface area contributed by atoms with Gasteiger partial charge in [0.05, 0.1) is 34.1 Å². The lowest BCUT2D eigenvalue weighted by Crippen LogP contribution is -2.64. The second kappa shape index (κ2) is 23.8. The summed E-state index contributed by atoms with van der Waals surface area (Å²) in [6, 6.07) is 133. The van der Waals surface area contributed by atoms with Gasteiger partial charge in [0.15, 0.2) is 0 Å². The quantitative estimate of drug-likeness (QED) is 0.127. The Morgan fingerprint density at radius 3 is 1.26 bits per heavy atom. The molecule has 0 N–H and O–H groups in total. The Hall–Kier alpha value is -12.9. The SMILES string of the molecule is c1ccc(-c2ccccc2N2c3cc4c(cc3B3c5ccccc5N(c5cccc6sc7ccccc7c56)c5cc(N(c6ccccc6)c6cccc7sc8ccccc8c67)cc2c53)B2c3ccccc3N(c3ccccc3)c3cc(N(c5ccccc5)c5cccc6sc7ccccc7c56)cc(c32)O4)cc1. The molecule has 23 rings (SSSR count). The van der Waals surface area contributed by atoms with Crippen LogP contribution >= 0.6 is 34.0 Å². The number of nitrogens with zero attached hydrogens (tertiary/aromatic N) is 5. The van der Waals surface area contributed by atoms with Gasteiger partial charge in [-0.15, -0.1) is 34.0 Å². The Balaban J connectivity index is 0.831. The fraction of sp³-hybridized carbons (Fsp3) is 0. The minimum absolute atomic E-state index is 0.239. The summed E-state index contributed by atoms with van der Waals surface area (Å²) in [4.78, 5) is 12.7. The minimum Gasteiger partial charge on any atom is -0.458 e. The van der Waals surface area contributed by atoms with Gasteiger partial charge in [-0.2, -0.15) is 0 Å². The largest absolute Gasteiger partial charge is 0.458 e. The van der Waals surface area contributed by atoms with Crippen molar-refractivity contribution in [2.75, 3.05) is 24.5 Å². The molecule has 4 aliphatic rings.